The summed E-state index contributed by atoms with van der Waals surface area (Å²) in [6, 6.07) is 12.8. The van der Waals surface area contributed by atoms with Gasteiger partial charge in [-0.25, -0.2) is 0 Å². The summed E-state index contributed by atoms with van der Waals surface area (Å²) in [5.74, 6) is 1.16. The van der Waals surface area contributed by atoms with Crippen LogP contribution in [-0.2, 0) is 11.3 Å². The van der Waals surface area contributed by atoms with Crippen LogP contribution in [0.1, 0.15) is 51.6 Å². The topological polar surface area (TPSA) is 87.5 Å². The Hall–Kier alpha value is -3.11. The number of hydrogen-bond donors (Lipinski definition) is 2. The molecule has 1 aromatic carbocycles. The van der Waals surface area contributed by atoms with Crippen LogP contribution in [0, 0.1) is 5.92 Å². The van der Waals surface area contributed by atoms with E-state index in [0.717, 1.165) is 73.0 Å². The fourth-order valence-corrected chi connectivity index (χ4v) is 6.41. The smallest absolute Gasteiger partial charge is 0.223 e. The van der Waals surface area contributed by atoms with E-state index in [1.165, 1.54) is 19.3 Å². The number of nitrogens with one attached hydrogen (secondary N) is 2. The SMILES string of the molecule is CCOc1ccc(NCc2cccn2-c2nnc(N3CCC(C(=O)NCCN4CCCCC4C)CC3)s2)cc1. The predicted octanol–water partition coefficient (Wildman–Crippen LogP) is 4.55. The molecule has 0 saturated carbocycles. The first kappa shape index (κ1) is 27.5. The number of ether oxygens (including phenoxy) is 1. The van der Waals surface area contributed by atoms with Crippen LogP contribution < -0.4 is 20.3 Å². The lowest BCUT2D eigenvalue weighted by Gasteiger charge is -2.34. The maximum Gasteiger partial charge on any atom is 0.223 e. The standard InChI is InChI=1S/C29H41N7O2S/c1-3-38-26-11-9-24(10-12-26)31-21-25-8-6-17-36(25)29-33-32-28(39-29)35-18-13-23(14-19-35)27(37)30-15-20-34-16-5-4-7-22(34)2/h6,8-12,17,22-23,31H,3-5,7,13-16,18-21H2,1-2H3,(H,30,37). The Morgan fingerprint density at radius 2 is 1.85 bits per heavy atom. The molecule has 2 aliphatic rings. The molecule has 10 heteroatoms. The summed E-state index contributed by atoms with van der Waals surface area (Å²) < 4.78 is 7.62. The monoisotopic (exact) mass is 551 g/mol. The Bertz CT molecular complexity index is 1190. The average molecular weight is 552 g/mol. The van der Waals surface area contributed by atoms with Crippen molar-refractivity contribution in [1.82, 2.24) is 25.0 Å². The van der Waals surface area contributed by atoms with Crippen molar-refractivity contribution in [2.45, 2.75) is 58.5 Å². The second-order valence-corrected chi connectivity index (χ2v) is 11.4. The largest absolute Gasteiger partial charge is 0.494 e. The predicted molar refractivity (Wildman–Crippen MR) is 157 cm³/mol. The molecule has 1 unspecified atom stereocenters. The molecule has 0 bridgehead atoms. The second-order valence-electron chi connectivity index (χ2n) is 10.5. The summed E-state index contributed by atoms with van der Waals surface area (Å²) in [5, 5.41) is 17.4. The Morgan fingerprint density at radius 3 is 2.62 bits per heavy atom. The third-order valence-corrected chi connectivity index (χ3v) is 8.84. The zero-order valence-electron chi connectivity index (χ0n) is 23.1. The molecule has 2 saturated heterocycles. The van der Waals surface area contributed by atoms with E-state index in [1.807, 2.05) is 43.5 Å². The molecule has 1 atom stereocenters. The number of amides is 1. The fraction of sp³-hybridized carbons (Fsp3) is 0.552. The molecule has 0 aliphatic carbocycles. The van der Waals surface area contributed by atoms with Gasteiger partial charge in [0.1, 0.15) is 5.75 Å². The van der Waals surface area contributed by atoms with Crippen LogP contribution in [0.4, 0.5) is 10.8 Å². The van der Waals surface area contributed by atoms with Gasteiger partial charge in [-0.1, -0.05) is 17.8 Å². The summed E-state index contributed by atoms with van der Waals surface area (Å²) in [4.78, 5) is 17.6. The summed E-state index contributed by atoms with van der Waals surface area (Å²) in [7, 11) is 0. The summed E-state index contributed by atoms with van der Waals surface area (Å²) in [5.41, 5.74) is 2.15. The molecule has 0 radical (unpaired) electrons. The van der Waals surface area contributed by atoms with Gasteiger partial charge in [-0.05, 0) is 82.5 Å². The maximum absolute atomic E-state index is 12.8. The van der Waals surface area contributed by atoms with E-state index in [-0.39, 0.29) is 11.8 Å². The van der Waals surface area contributed by atoms with Gasteiger partial charge in [0.15, 0.2) is 0 Å². The van der Waals surface area contributed by atoms with E-state index in [9.17, 15) is 4.79 Å². The molecular weight excluding hydrogens is 510 g/mol. The van der Waals surface area contributed by atoms with Crippen LogP contribution in [0.25, 0.3) is 5.13 Å². The van der Waals surface area contributed by atoms with Crippen molar-refractivity contribution in [2.24, 2.45) is 5.92 Å². The zero-order chi connectivity index (χ0) is 27.0. The van der Waals surface area contributed by atoms with Gasteiger partial charge in [0, 0.05) is 55.7 Å². The molecule has 2 fully saturated rings. The van der Waals surface area contributed by atoms with Gasteiger partial charge >= 0.3 is 0 Å². The Kier molecular flexibility index (Phi) is 9.36. The molecule has 9 nitrogen and oxygen atoms in total. The molecular formula is C29H41N7O2S. The molecule has 39 heavy (non-hydrogen) atoms. The first-order valence-corrected chi connectivity index (χ1v) is 15.2. The van der Waals surface area contributed by atoms with Gasteiger partial charge in [-0.3, -0.25) is 14.3 Å². The van der Waals surface area contributed by atoms with E-state index < -0.39 is 0 Å². The van der Waals surface area contributed by atoms with Crippen molar-refractivity contribution in [3.8, 4) is 10.9 Å². The van der Waals surface area contributed by atoms with Crippen LogP contribution in [-0.4, -0.2) is 70.9 Å². The minimum absolute atomic E-state index is 0.0807. The third kappa shape index (κ3) is 7.10. The summed E-state index contributed by atoms with van der Waals surface area (Å²) >= 11 is 1.60. The number of likely N-dealkylation sites (tertiary alicyclic amines) is 1. The summed E-state index contributed by atoms with van der Waals surface area (Å²) in [6.07, 6.45) is 7.60. The Morgan fingerprint density at radius 1 is 1.05 bits per heavy atom. The summed E-state index contributed by atoms with van der Waals surface area (Å²) in [6.45, 7) is 10.1. The Balaban J connectivity index is 1.09. The van der Waals surface area contributed by atoms with Crippen LogP contribution in [0.5, 0.6) is 5.75 Å². The quantitative estimate of drug-likeness (QED) is 0.362. The van der Waals surface area contributed by atoms with E-state index in [1.54, 1.807) is 11.3 Å². The number of carbonyl (C=O) groups excluding carboxylic acids is 1. The highest BCUT2D eigenvalue weighted by Gasteiger charge is 2.27. The van der Waals surface area contributed by atoms with Gasteiger partial charge in [0.25, 0.3) is 0 Å². The lowest BCUT2D eigenvalue weighted by atomic mass is 9.96. The molecule has 2 aromatic heterocycles. The van der Waals surface area contributed by atoms with Crippen molar-refractivity contribution >= 4 is 28.1 Å². The fourth-order valence-electron chi connectivity index (χ4n) is 5.50. The molecule has 2 aliphatic heterocycles. The normalized spacial score (nSPS) is 18.7. The van der Waals surface area contributed by atoms with Crippen molar-refractivity contribution in [2.75, 3.05) is 49.5 Å². The van der Waals surface area contributed by atoms with Crippen molar-refractivity contribution in [3.05, 3.63) is 48.3 Å². The minimum atomic E-state index is 0.0807. The number of carbonyl (C=O) groups is 1. The van der Waals surface area contributed by atoms with Gasteiger partial charge < -0.3 is 20.3 Å². The van der Waals surface area contributed by atoms with Crippen molar-refractivity contribution in [3.63, 3.8) is 0 Å². The first-order chi connectivity index (χ1) is 19.1. The van der Waals surface area contributed by atoms with Crippen LogP contribution in [0.15, 0.2) is 42.6 Å². The molecule has 5 rings (SSSR count). The second kappa shape index (κ2) is 13.3. The van der Waals surface area contributed by atoms with E-state index in [2.05, 4.69) is 48.2 Å². The highest BCUT2D eigenvalue weighted by atomic mass is 32.1. The van der Waals surface area contributed by atoms with E-state index in [4.69, 9.17) is 4.74 Å². The maximum atomic E-state index is 12.8. The lowest BCUT2D eigenvalue weighted by Crippen LogP contribution is -2.45. The molecule has 0 spiro atoms. The molecule has 2 N–H and O–H groups in total. The number of rotatable bonds is 11. The number of anilines is 2. The number of piperidine rings is 2. The minimum Gasteiger partial charge on any atom is -0.494 e. The number of aromatic nitrogens is 3. The highest BCUT2D eigenvalue weighted by Crippen LogP contribution is 2.29. The average Bonchev–Trinajstić information content (AvgIpc) is 3.64. The van der Waals surface area contributed by atoms with Gasteiger partial charge in [-0.2, -0.15) is 0 Å². The number of nitrogens with zero attached hydrogens (tertiary/aromatic N) is 5. The van der Waals surface area contributed by atoms with Crippen molar-refractivity contribution in [1.29, 1.82) is 0 Å². The van der Waals surface area contributed by atoms with Crippen LogP contribution in [0.3, 0.4) is 0 Å². The van der Waals surface area contributed by atoms with Crippen molar-refractivity contribution < 1.29 is 9.53 Å². The lowest BCUT2D eigenvalue weighted by molar-refractivity contribution is -0.125. The van der Waals surface area contributed by atoms with Crippen LogP contribution in [0.2, 0.25) is 0 Å². The molecule has 3 aromatic rings. The van der Waals surface area contributed by atoms with E-state index in [0.29, 0.717) is 19.2 Å². The Labute approximate surface area is 235 Å². The molecule has 1 amide bonds. The third-order valence-electron chi connectivity index (χ3n) is 7.86. The van der Waals surface area contributed by atoms with Gasteiger partial charge in [-0.15, -0.1) is 10.2 Å². The van der Waals surface area contributed by atoms with Gasteiger partial charge in [0.05, 0.1) is 13.2 Å². The molecule has 210 valence electrons. The first-order valence-electron chi connectivity index (χ1n) is 14.3. The van der Waals surface area contributed by atoms with Crippen LogP contribution >= 0.6 is 11.3 Å². The van der Waals surface area contributed by atoms with E-state index >= 15 is 0 Å². The zero-order valence-corrected chi connectivity index (χ0v) is 24.0. The highest BCUT2D eigenvalue weighted by molar-refractivity contribution is 7.17. The number of hydrogen-bond acceptors (Lipinski definition) is 8. The molecule has 4 heterocycles. The van der Waals surface area contributed by atoms with Gasteiger partial charge in [0.2, 0.25) is 16.2 Å². The number of benzene rings is 1.